The van der Waals surface area contributed by atoms with Gasteiger partial charge in [-0.3, -0.25) is 4.98 Å². The second-order valence-electron chi connectivity index (χ2n) is 13.3. The molecule has 0 spiro atoms. The lowest BCUT2D eigenvalue weighted by Crippen LogP contribution is -1.98. The maximum Gasteiger partial charge on any atom is 0.161 e. The number of nitrogens with zero attached hydrogens (tertiary/aromatic N) is 3. The summed E-state index contributed by atoms with van der Waals surface area (Å²) in [5.41, 5.74) is 12.0. The molecular weight excluding hydrogens is 655 g/mol. The molecule has 0 aliphatic heterocycles. The Bertz CT molecular complexity index is 2860. The van der Waals surface area contributed by atoms with E-state index in [1.165, 1.54) is 38.2 Å². The molecule has 7 aromatic carbocycles. The third-order valence-electron chi connectivity index (χ3n) is 10.00. The molecule has 2 aromatic heterocycles. The Morgan fingerprint density at radius 3 is 1.83 bits per heavy atom. The summed E-state index contributed by atoms with van der Waals surface area (Å²) in [7, 11) is 0. The molecule has 3 nitrogen and oxygen atoms in total. The van der Waals surface area contributed by atoms with E-state index in [2.05, 4.69) is 147 Å². The second-order valence-corrected chi connectivity index (χ2v) is 13.3. The average Bonchev–Trinajstić information content (AvgIpc) is 3.24. The van der Waals surface area contributed by atoms with Crippen molar-refractivity contribution in [3.05, 3.63) is 207 Å². The van der Waals surface area contributed by atoms with Crippen molar-refractivity contribution in [2.24, 2.45) is 0 Å². The van der Waals surface area contributed by atoms with Crippen molar-refractivity contribution in [2.75, 3.05) is 0 Å². The van der Waals surface area contributed by atoms with Crippen LogP contribution in [0, 0.1) is 0 Å². The molecule has 0 fully saturated rings. The maximum absolute atomic E-state index is 5.24. The summed E-state index contributed by atoms with van der Waals surface area (Å²) in [6.07, 6.45) is 7.51. The highest BCUT2D eigenvalue weighted by Crippen LogP contribution is 2.44. The summed E-state index contributed by atoms with van der Waals surface area (Å²) < 4.78 is 0. The molecule has 2 heterocycles. The van der Waals surface area contributed by atoms with E-state index >= 15 is 0 Å². The number of fused-ring (bicyclic) bond motifs is 3. The number of hydrogen-bond donors (Lipinski definition) is 0. The van der Waals surface area contributed by atoms with Gasteiger partial charge in [-0.05, 0) is 79.2 Å². The standard InChI is InChI=1S/C51H35N3/c1-3-4-17-34(2)40-23-9-10-24-41(40)48-32-47(53-51(54-48)39-31-36-20-8-15-29-46(36)52-33-39)37-21-16-22-38(30-37)50-44-27-13-11-25-42(44)49(35-18-6-5-7-19-35)43-26-12-14-28-45(43)50/h3-33H,1-2H2/b17-4-. The Kier molecular flexibility index (Phi) is 8.51. The van der Waals surface area contributed by atoms with Gasteiger partial charge in [0.05, 0.1) is 16.9 Å². The highest BCUT2D eigenvalue weighted by atomic mass is 14.9. The van der Waals surface area contributed by atoms with E-state index in [-0.39, 0.29) is 0 Å². The number of benzene rings is 7. The van der Waals surface area contributed by atoms with Crippen LogP contribution in [0.2, 0.25) is 0 Å². The van der Waals surface area contributed by atoms with Crippen LogP contribution in [0.25, 0.3) is 94.2 Å². The summed E-state index contributed by atoms with van der Waals surface area (Å²) in [5, 5.41) is 5.90. The van der Waals surface area contributed by atoms with Gasteiger partial charge in [0.25, 0.3) is 0 Å². The number of pyridine rings is 1. The van der Waals surface area contributed by atoms with Crippen molar-refractivity contribution in [2.45, 2.75) is 0 Å². The van der Waals surface area contributed by atoms with Gasteiger partial charge in [0.2, 0.25) is 0 Å². The number of rotatable bonds is 8. The summed E-state index contributed by atoms with van der Waals surface area (Å²) in [4.78, 5) is 15.2. The van der Waals surface area contributed by atoms with Gasteiger partial charge >= 0.3 is 0 Å². The van der Waals surface area contributed by atoms with Crippen molar-refractivity contribution in [1.29, 1.82) is 0 Å². The van der Waals surface area contributed by atoms with Crippen LogP contribution in [0.4, 0.5) is 0 Å². The molecule has 0 N–H and O–H groups in total. The molecule has 0 amide bonds. The van der Waals surface area contributed by atoms with E-state index in [0.717, 1.165) is 55.7 Å². The van der Waals surface area contributed by atoms with E-state index in [4.69, 9.17) is 15.0 Å². The molecule has 0 aliphatic rings. The van der Waals surface area contributed by atoms with Crippen molar-refractivity contribution >= 4 is 38.0 Å². The Balaban J connectivity index is 1.27. The van der Waals surface area contributed by atoms with Gasteiger partial charge in [-0.15, -0.1) is 0 Å². The summed E-state index contributed by atoms with van der Waals surface area (Å²) in [6.45, 7) is 8.22. The summed E-state index contributed by atoms with van der Waals surface area (Å²) >= 11 is 0. The van der Waals surface area contributed by atoms with Gasteiger partial charge < -0.3 is 0 Å². The molecular formula is C51H35N3. The number of allylic oxidation sites excluding steroid dienone is 4. The van der Waals surface area contributed by atoms with Crippen LogP contribution < -0.4 is 0 Å². The Labute approximate surface area is 315 Å². The third kappa shape index (κ3) is 5.98. The van der Waals surface area contributed by atoms with Gasteiger partial charge in [0.15, 0.2) is 5.82 Å². The molecule has 0 unspecified atom stereocenters. The first-order valence-electron chi connectivity index (χ1n) is 18.1. The first-order chi connectivity index (χ1) is 26.7. The molecule has 0 aliphatic carbocycles. The normalized spacial score (nSPS) is 11.4. The van der Waals surface area contributed by atoms with Gasteiger partial charge in [0, 0.05) is 28.3 Å². The zero-order chi connectivity index (χ0) is 36.4. The summed E-state index contributed by atoms with van der Waals surface area (Å²) in [5.74, 6) is 0.608. The van der Waals surface area contributed by atoms with Gasteiger partial charge in [-0.25, -0.2) is 9.97 Å². The molecule has 0 saturated heterocycles. The van der Waals surface area contributed by atoms with Crippen LogP contribution >= 0.6 is 0 Å². The van der Waals surface area contributed by atoms with Gasteiger partial charge in [-0.1, -0.05) is 171 Å². The predicted molar refractivity (Wildman–Crippen MR) is 228 cm³/mol. The topological polar surface area (TPSA) is 38.7 Å². The van der Waals surface area contributed by atoms with Crippen LogP contribution in [-0.4, -0.2) is 15.0 Å². The highest BCUT2D eigenvalue weighted by Gasteiger charge is 2.18. The molecule has 54 heavy (non-hydrogen) atoms. The van der Waals surface area contributed by atoms with Crippen LogP contribution in [-0.2, 0) is 0 Å². The minimum atomic E-state index is 0.608. The molecule has 9 rings (SSSR count). The molecule has 0 bridgehead atoms. The summed E-state index contributed by atoms with van der Waals surface area (Å²) in [6, 6.07) is 57.5. The molecule has 9 aromatic rings. The van der Waals surface area contributed by atoms with Gasteiger partial charge in [0.1, 0.15) is 0 Å². The lowest BCUT2D eigenvalue weighted by Gasteiger charge is -2.18. The fourth-order valence-electron chi connectivity index (χ4n) is 7.51. The van der Waals surface area contributed by atoms with Crippen molar-refractivity contribution < 1.29 is 0 Å². The lowest BCUT2D eigenvalue weighted by atomic mass is 9.85. The third-order valence-corrected chi connectivity index (χ3v) is 10.00. The number of aromatic nitrogens is 3. The quantitative estimate of drug-likeness (QED) is 0.118. The first-order valence-corrected chi connectivity index (χ1v) is 18.1. The first kappa shape index (κ1) is 32.7. The maximum atomic E-state index is 5.24. The highest BCUT2D eigenvalue weighted by molar-refractivity contribution is 6.21. The van der Waals surface area contributed by atoms with Crippen LogP contribution in [0.5, 0.6) is 0 Å². The molecule has 0 saturated carbocycles. The monoisotopic (exact) mass is 689 g/mol. The van der Waals surface area contributed by atoms with E-state index in [9.17, 15) is 0 Å². The zero-order valence-corrected chi connectivity index (χ0v) is 29.7. The molecule has 3 heteroatoms. The van der Waals surface area contributed by atoms with Crippen molar-refractivity contribution in [3.63, 3.8) is 0 Å². The van der Waals surface area contributed by atoms with Crippen LogP contribution in [0.1, 0.15) is 5.56 Å². The van der Waals surface area contributed by atoms with Crippen molar-refractivity contribution in [3.8, 4) is 56.2 Å². The number of para-hydroxylation sites is 1. The molecule has 254 valence electrons. The Morgan fingerprint density at radius 2 is 1.09 bits per heavy atom. The van der Waals surface area contributed by atoms with E-state index in [1.807, 2.05) is 48.7 Å². The van der Waals surface area contributed by atoms with Crippen LogP contribution in [0.15, 0.2) is 201 Å². The fraction of sp³-hybridized carbons (Fsp3) is 0. The predicted octanol–water partition coefficient (Wildman–Crippen LogP) is 13.4. The van der Waals surface area contributed by atoms with E-state index < -0.39 is 0 Å². The van der Waals surface area contributed by atoms with Crippen LogP contribution in [0.3, 0.4) is 0 Å². The average molecular weight is 690 g/mol. The second kappa shape index (κ2) is 14.1. The lowest BCUT2D eigenvalue weighted by molar-refractivity contribution is 1.18. The van der Waals surface area contributed by atoms with Gasteiger partial charge in [-0.2, -0.15) is 0 Å². The SMILES string of the molecule is C=C/C=C\C(=C)c1ccccc1-c1cc(-c2cccc(-c3c4ccccc4c(-c4ccccc4)c4ccccc34)c2)nc(-c2cnc3ccccc3c2)n1. The number of hydrogen-bond acceptors (Lipinski definition) is 3. The smallest absolute Gasteiger partial charge is 0.161 e. The van der Waals surface area contributed by atoms with Crippen molar-refractivity contribution in [1.82, 2.24) is 15.0 Å². The zero-order valence-electron chi connectivity index (χ0n) is 29.7. The minimum Gasteiger partial charge on any atom is -0.255 e. The Morgan fingerprint density at radius 1 is 0.500 bits per heavy atom. The fourth-order valence-corrected chi connectivity index (χ4v) is 7.51. The van der Waals surface area contributed by atoms with E-state index in [1.54, 1.807) is 6.08 Å². The minimum absolute atomic E-state index is 0.608. The largest absolute Gasteiger partial charge is 0.255 e. The molecule has 0 radical (unpaired) electrons. The molecule has 0 atom stereocenters. The Hall–Kier alpha value is -7.23. The van der Waals surface area contributed by atoms with E-state index in [0.29, 0.717) is 5.82 Å².